The standard InChI is InChI=1S/C12H19ClN4/c13-11-5-6-12(16-15-11)14-7-10-17-8-3-1-2-4-9-17/h5-6H,1-4,7-10H2,(H,14,16). The van der Waals surface area contributed by atoms with Crippen LogP contribution in [0.15, 0.2) is 12.1 Å². The van der Waals surface area contributed by atoms with E-state index in [1.54, 1.807) is 6.07 Å². The number of likely N-dealkylation sites (tertiary alicyclic amines) is 1. The van der Waals surface area contributed by atoms with E-state index in [0.717, 1.165) is 18.9 Å². The molecule has 0 saturated carbocycles. The molecule has 0 amide bonds. The first-order valence-electron chi connectivity index (χ1n) is 6.30. The molecule has 1 fully saturated rings. The summed E-state index contributed by atoms with van der Waals surface area (Å²) in [6.45, 7) is 4.45. The predicted molar refractivity (Wildman–Crippen MR) is 70.4 cm³/mol. The van der Waals surface area contributed by atoms with Crippen molar-refractivity contribution in [3.8, 4) is 0 Å². The Morgan fingerprint density at radius 2 is 1.88 bits per heavy atom. The first-order chi connectivity index (χ1) is 8.34. The molecule has 2 rings (SSSR count). The lowest BCUT2D eigenvalue weighted by Crippen LogP contribution is -2.30. The Balaban J connectivity index is 1.69. The summed E-state index contributed by atoms with van der Waals surface area (Å²) in [4.78, 5) is 2.52. The van der Waals surface area contributed by atoms with Gasteiger partial charge >= 0.3 is 0 Å². The maximum Gasteiger partial charge on any atom is 0.151 e. The average Bonchev–Trinajstić information content (AvgIpc) is 2.60. The molecule has 1 aromatic heterocycles. The molecule has 0 aromatic carbocycles. The van der Waals surface area contributed by atoms with Crippen LogP contribution in [0.5, 0.6) is 0 Å². The van der Waals surface area contributed by atoms with E-state index in [1.807, 2.05) is 6.07 Å². The van der Waals surface area contributed by atoms with Crippen LogP contribution in [0.1, 0.15) is 25.7 Å². The zero-order chi connectivity index (χ0) is 11.9. The molecular formula is C12H19ClN4. The van der Waals surface area contributed by atoms with E-state index in [-0.39, 0.29) is 0 Å². The van der Waals surface area contributed by atoms with Crippen LogP contribution in [0.3, 0.4) is 0 Å². The molecule has 2 heterocycles. The zero-order valence-corrected chi connectivity index (χ0v) is 10.8. The van der Waals surface area contributed by atoms with E-state index in [1.165, 1.54) is 38.8 Å². The first kappa shape index (κ1) is 12.6. The SMILES string of the molecule is Clc1ccc(NCCN2CCCCCC2)nn1. The Hall–Kier alpha value is -0.870. The predicted octanol–water partition coefficient (Wildman–Crippen LogP) is 2.42. The maximum absolute atomic E-state index is 5.68. The van der Waals surface area contributed by atoms with Crippen molar-refractivity contribution in [1.82, 2.24) is 15.1 Å². The van der Waals surface area contributed by atoms with Gasteiger partial charge in [0.15, 0.2) is 5.15 Å². The molecule has 5 heteroatoms. The Morgan fingerprint density at radius 1 is 1.12 bits per heavy atom. The first-order valence-corrected chi connectivity index (χ1v) is 6.68. The summed E-state index contributed by atoms with van der Waals surface area (Å²) in [5.74, 6) is 0.796. The van der Waals surface area contributed by atoms with Crippen LogP contribution < -0.4 is 5.32 Å². The molecule has 1 aliphatic heterocycles. The van der Waals surface area contributed by atoms with Crippen LogP contribution in [0.4, 0.5) is 5.82 Å². The van der Waals surface area contributed by atoms with Gasteiger partial charge in [-0.3, -0.25) is 0 Å². The quantitative estimate of drug-likeness (QED) is 0.896. The number of nitrogens with zero attached hydrogens (tertiary/aromatic N) is 3. The van der Waals surface area contributed by atoms with Crippen LogP contribution in [0.25, 0.3) is 0 Å². The molecular weight excluding hydrogens is 236 g/mol. The average molecular weight is 255 g/mol. The molecule has 1 aromatic rings. The lowest BCUT2D eigenvalue weighted by Gasteiger charge is -2.19. The van der Waals surface area contributed by atoms with Crippen molar-refractivity contribution in [3.05, 3.63) is 17.3 Å². The van der Waals surface area contributed by atoms with E-state index < -0.39 is 0 Å². The van der Waals surface area contributed by atoms with Gasteiger partial charge in [0.25, 0.3) is 0 Å². The Labute approximate surface area is 107 Å². The summed E-state index contributed by atoms with van der Waals surface area (Å²) < 4.78 is 0. The third-order valence-corrected chi connectivity index (χ3v) is 3.27. The van der Waals surface area contributed by atoms with Crippen molar-refractivity contribution in [1.29, 1.82) is 0 Å². The van der Waals surface area contributed by atoms with Crippen LogP contribution in [0.2, 0.25) is 5.15 Å². The highest BCUT2D eigenvalue weighted by molar-refractivity contribution is 6.29. The van der Waals surface area contributed by atoms with Crippen molar-refractivity contribution in [3.63, 3.8) is 0 Å². The van der Waals surface area contributed by atoms with Gasteiger partial charge in [-0.05, 0) is 38.1 Å². The van der Waals surface area contributed by atoms with Gasteiger partial charge in [0.05, 0.1) is 0 Å². The Kier molecular flexibility index (Phi) is 5.01. The van der Waals surface area contributed by atoms with Crippen LogP contribution in [0, 0.1) is 0 Å². The van der Waals surface area contributed by atoms with Gasteiger partial charge in [0.1, 0.15) is 5.82 Å². The number of aromatic nitrogens is 2. The van der Waals surface area contributed by atoms with Gasteiger partial charge in [0, 0.05) is 13.1 Å². The van der Waals surface area contributed by atoms with Gasteiger partial charge in [0.2, 0.25) is 0 Å². The van der Waals surface area contributed by atoms with Gasteiger partial charge < -0.3 is 10.2 Å². The Bertz CT molecular complexity index is 320. The van der Waals surface area contributed by atoms with Crippen molar-refractivity contribution in [2.45, 2.75) is 25.7 Å². The van der Waals surface area contributed by atoms with Gasteiger partial charge in [-0.25, -0.2) is 0 Å². The highest BCUT2D eigenvalue weighted by atomic mass is 35.5. The monoisotopic (exact) mass is 254 g/mol. The fourth-order valence-electron chi connectivity index (χ4n) is 2.11. The molecule has 94 valence electrons. The van der Waals surface area contributed by atoms with Gasteiger partial charge in [-0.1, -0.05) is 24.4 Å². The lowest BCUT2D eigenvalue weighted by atomic mass is 10.2. The summed E-state index contributed by atoms with van der Waals surface area (Å²) >= 11 is 5.68. The van der Waals surface area contributed by atoms with E-state index in [4.69, 9.17) is 11.6 Å². The summed E-state index contributed by atoms with van der Waals surface area (Å²) in [6, 6.07) is 3.61. The number of hydrogen-bond donors (Lipinski definition) is 1. The second kappa shape index (κ2) is 6.77. The third kappa shape index (κ3) is 4.48. The van der Waals surface area contributed by atoms with Crippen LogP contribution in [-0.2, 0) is 0 Å². The fraction of sp³-hybridized carbons (Fsp3) is 0.667. The molecule has 1 aliphatic rings. The minimum Gasteiger partial charge on any atom is -0.367 e. The number of rotatable bonds is 4. The van der Waals surface area contributed by atoms with Gasteiger partial charge in [-0.2, -0.15) is 0 Å². The van der Waals surface area contributed by atoms with Gasteiger partial charge in [-0.15, -0.1) is 10.2 Å². The van der Waals surface area contributed by atoms with Crippen LogP contribution >= 0.6 is 11.6 Å². The molecule has 0 unspecified atom stereocenters. The molecule has 0 spiro atoms. The third-order valence-electron chi connectivity index (χ3n) is 3.06. The highest BCUT2D eigenvalue weighted by Crippen LogP contribution is 2.09. The minimum atomic E-state index is 0.433. The second-order valence-corrected chi connectivity index (χ2v) is 4.81. The molecule has 1 saturated heterocycles. The Morgan fingerprint density at radius 3 is 2.53 bits per heavy atom. The largest absolute Gasteiger partial charge is 0.367 e. The van der Waals surface area contributed by atoms with E-state index in [0.29, 0.717) is 5.15 Å². The second-order valence-electron chi connectivity index (χ2n) is 4.42. The van der Waals surface area contributed by atoms with E-state index >= 15 is 0 Å². The fourth-order valence-corrected chi connectivity index (χ4v) is 2.21. The summed E-state index contributed by atoms with van der Waals surface area (Å²) in [5.41, 5.74) is 0. The number of nitrogens with one attached hydrogen (secondary N) is 1. The van der Waals surface area contributed by atoms with Crippen molar-refractivity contribution in [2.75, 3.05) is 31.5 Å². The lowest BCUT2D eigenvalue weighted by molar-refractivity contribution is 0.296. The molecule has 0 bridgehead atoms. The normalized spacial score (nSPS) is 17.7. The summed E-state index contributed by atoms with van der Waals surface area (Å²) in [7, 11) is 0. The van der Waals surface area contributed by atoms with E-state index in [9.17, 15) is 0 Å². The van der Waals surface area contributed by atoms with Crippen molar-refractivity contribution >= 4 is 17.4 Å². The van der Waals surface area contributed by atoms with Crippen molar-refractivity contribution < 1.29 is 0 Å². The molecule has 1 N–H and O–H groups in total. The van der Waals surface area contributed by atoms with Crippen LogP contribution in [-0.4, -0.2) is 41.3 Å². The number of anilines is 1. The smallest absolute Gasteiger partial charge is 0.151 e. The topological polar surface area (TPSA) is 41.0 Å². The minimum absolute atomic E-state index is 0.433. The molecule has 0 radical (unpaired) electrons. The molecule has 0 aliphatic carbocycles. The highest BCUT2D eigenvalue weighted by Gasteiger charge is 2.07. The molecule has 0 atom stereocenters. The number of hydrogen-bond acceptors (Lipinski definition) is 4. The van der Waals surface area contributed by atoms with Crippen molar-refractivity contribution in [2.24, 2.45) is 0 Å². The maximum atomic E-state index is 5.68. The molecule has 4 nitrogen and oxygen atoms in total. The van der Waals surface area contributed by atoms with E-state index in [2.05, 4.69) is 20.4 Å². The molecule has 17 heavy (non-hydrogen) atoms. The summed E-state index contributed by atoms with van der Waals surface area (Å²) in [5, 5.41) is 11.5. The number of halogens is 1. The zero-order valence-electron chi connectivity index (χ0n) is 10.0. The summed E-state index contributed by atoms with van der Waals surface area (Å²) in [6.07, 6.45) is 5.43.